The molecule has 124 valence electrons. The maximum atomic E-state index is 5.61. The van der Waals surface area contributed by atoms with Crippen molar-refractivity contribution >= 4 is 0 Å². The van der Waals surface area contributed by atoms with E-state index in [0.717, 1.165) is 25.4 Å². The summed E-state index contributed by atoms with van der Waals surface area (Å²) in [4.78, 5) is 6.74. The Hall–Kier alpha value is -1.92. The smallest absolute Gasteiger partial charge is 0.246 e. The summed E-state index contributed by atoms with van der Waals surface area (Å²) in [5.74, 6) is 2.58. The standard InChI is InChI=1S/C17H23N3O3/c1-12(14-4-6-15(21-3)7-5-14)10-20-8-9-22-11-16(20)17-18-13(2)19-23-17/h4-7,12,16H,8-11H2,1-3H3/t12-,16-/m1/s1. The first-order chi connectivity index (χ1) is 11.2. The van der Waals surface area contributed by atoms with Gasteiger partial charge in [-0.1, -0.05) is 24.2 Å². The van der Waals surface area contributed by atoms with Gasteiger partial charge in [0.25, 0.3) is 0 Å². The summed E-state index contributed by atoms with van der Waals surface area (Å²) in [6.45, 7) is 7.18. The average Bonchev–Trinajstić information content (AvgIpc) is 3.01. The van der Waals surface area contributed by atoms with Gasteiger partial charge in [-0.3, -0.25) is 4.90 Å². The van der Waals surface area contributed by atoms with E-state index in [1.54, 1.807) is 7.11 Å². The molecule has 1 aliphatic heterocycles. The fourth-order valence-corrected chi connectivity index (χ4v) is 2.92. The Morgan fingerprint density at radius 2 is 2.13 bits per heavy atom. The Kier molecular flexibility index (Phi) is 4.93. The molecule has 1 fully saturated rings. The zero-order valence-corrected chi connectivity index (χ0v) is 13.9. The molecule has 2 heterocycles. The van der Waals surface area contributed by atoms with E-state index in [-0.39, 0.29) is 6.04 Å². The first kappa shape index (κ1) is 16.0. The number of benzene rings is 1. The molecule has 1 aromatic heterocycles. The molecule has 1 saturated heterocycles. The summed E-state index contributed by atoms with van der Waals surface area (Å²) in [6, 6.07) is 8.28. The number of nitrogens with zero attached hydrogens (tertiary/aromatic N) is 3. The molecule has 3 rings (SSSR count). The maximum Gasteiger partial charge on any atom is 0.246 e. The van der Waals surface area contributed by atoms with Crippen LogP contribution in [0, 0.1) is 6.92 Å². The van der Waals surface area contributed by atoms with Crippen molar-refractivity contribution in [3.8, 4) is 5.75 Å². The van der Waals surface area contributed by atoms with Crippen LogP contribution in [0.1, 0.15) is 36.2 Å². The van der Waals surface area contributed by atoms with Gasteiger partial charge in [-0.05, 0) is 30.5 Å². The van der Waals surface area contributed by atoms with Gasteiger partial charge in [0.15, 0.2) is 5.82 Å². The molecule has 0 saturated carbocycles. The lowest BCUT2D eigenvalue weighted by Gasteiger charge is -2.35. The second-order valence-corrected chi connectivity index (χ2v) is 5.94. The topological polar surface area (TPSA) is 60.6 Å². The molecule has 2 atom stereocenters. The van der Waals surface area contributed by atoms with Crippen molar-refractivity contribution in [2.45, 2.75) is 25.8 Å². The number of rotatable bonds is 5. The fourth-order valence-electron chi connectivity index (χ4n) is 2.92. The van der Waals surface area contributed by atoms with Crippen molar-refractivity contribution in [3.05, 3.63) is 41.5 Å². The molecule has 0 aliphatic carbocycles. The molecule has 0 bridgehead atoms. The highest BCUT2D eigenvalue weighted by molar-refractivity contribution is 5.29. The van der Waals surface area contributed by atoms with Crippen molar-refractivity contribution in [1.29, 1.82) is 0 Å². The number of aromatic nitrogens is 2. The predicted molar refractivity (Wildman–Crippen MR) is 85.6 cm³/mol. The highest BCUT2D eigenvalue weighted by atomic mass is 16.5. The van der Waals surface area contributed by atoms with Crippen LogP contribution in [0.2, 0.25) is 0 Å². The lowest BCUT2D eigenvalue weighted by Crippen LogP contribution is -2.41. The molecule has 6 heteroatoms. The minimum atomic E-state index is 0.0330. The van der Waals surface area contributed by atoms with Crippen molar-refractivity contribution < 1.29 is 14.0 Å². The monoisotopic (exact) mass is 317 g/mol. The summed E-state index contributed by atoms with van der Waals surface area (Å²) in [6.07, 6.45) is 0. The van der Waals surface area contributed by atoms with E-state index in [4.69, 9.17) is 14.0 Å². The molecule has 0 amide bonds. The number of aryl methyl sites for hydroxylation is 1. The highest BCUT2D eigenvalue weighted by Gasteiger charge is 2.30. The third-order valence-corrected chi connectivity index (χ3v) is 4.26. The minimum absolute atomic E-state index is 0.0330. The van der Waals surface area contributed by atoms with Gasteiger partial charge in [-0.25, -0.2) is 0 Å². The second kappa shape index (κ2) is 7.10. The lowest BCUT2D eigenvalue weighted by molar-refractivity contribution is -0.0219. The number of methoxy groups -OCH3 is 1. The number of morpholine rings is 1. The van der Waals surface area contributed by atoms with E-state index in [9.17, 15) is 0 Å². The van der Waals surface area contributed by atoms with Gasteiger partial charge in [0.1, 0.15) is 11.8 Å². The van der Waals surface area contributed by atoms with Gasteiger partial charge in [0, 0.05) is 13.1 Å². The molecule has 0 unspecified atom stereocenters. The van der Waals surface area contributed by atoms with E-state index < -0.39 is 0 Å². The summed E-state index contributed by atoms with van der Waals surface area (Å²) >= 11 is 0. The van der Waals surface area contributed by atoms with Crippen LogP contribution in [0.3, 0.4) is 0 Å². The van der Waals surface area contributed by atoms with Gasteiger partial charge >= 0.3 is 0 Å². The van der Waals surface area contributed by atoms with Crippen molar-refractivity contribution in [3.63, 3.8) is 0 Å². The fraction of sp³-hybridized carbons (Fsp3) is 0.529. The first-order valence-corrected chi connectivity index (χ1v) is 7.93. The Morgan fingerprint density at radius 3 is 2.78 bits per heavy atom. The Balaban J connectivity index is 1.70. The summed E-state index contributed by atoms with van der Waals surface area (Å²) < 4.78 is 16.2. The van der Waals surface area contributed by atoms with E-state index in [1.807, 2.05) is 19.1 Å². The van der Waals surface area contributed by atoms with E-state index >= 15 is 0 Å². The number of ether oxygens (including phenoxy) is 2. The molecule has 1 aliphatic rings. The molecule has 0 radical (unpaired) electrons. The summed E-state index contributed by atoms with van der Waals surface area (Å²) in [5, 5.41) is 3.90. The molecule has 1 aromatic carbocycles. The van der Waals surface area contributed by atoms with Gasteiger partial charge in [-0.2, -0.15) is 4.98 Å². The van der Waals surface area contributed by atoms with Crippen LogP contribution in [-0.2, 0) is 4.74 Å². The SMILES string of the molecule is COc1ccc([C@H](C)CN2CCOC[C@@H]2c2nc(C)no2)cc1. The molecule has 0 spiro atoms. The molecule has 6 nitrogen and oxygen atoms in total. The van der Waals surface area contributed by atoms with Crippen molar-refractivity contribution in [1.82, 2.24) is 15.0 Å². The average molecular weight is 317 g/mol. The van der Waals surface area contributed by atoms with Crippen LogP contribution >= 0.6 is 0 Å². The van der Waals surface area contributed by atoms with E-state index in [2.05, 4.69) is 34.1 Å². The minimum Gasteiger partial charge on any atom is -0.497 e. The first-order valence-electron chi connectivity index (χ1n) is 7.93. The molecular weight excluding hydrogens is 294 g/mol. The normalized spacial score (nSPS) is 20.4. The van der Waals surface area contributed by atoms with Crippen LogP contribution in [-0.4, -0.2) is 48.5 Å². The van der Waals surface area contributed by atoms with Crippen LogP contribution < -0.4 is 4.74 Å². The van der Waals surface area contributed by atoms with Crippen molar-refractivity contribution in [2.24, 2.45) is 0 Å². The lowest BCUT2D eigenvalue weighted by atomic mass is 9.99. The van der Waals surface area contributed by atoms with Crippen LogP contribution in [0.5, 0.6) is 5.75 Å². The quantitative estimate of drug-likeness (QED) is 0.844. The molecule has 23 heavy (non-hydrogen) atoms. The highest BCUT2D eigenvalue weighted by Crippen LogP contribution is 2.27. The van der Waals surface area contributed by atoms with Crippen LogP contribution in [0.25, 0.3) is 0 Å². The second-order valence-electron chi connectivity index (χ2n) is 5.94. The largest absolute Gasteiger partial charge is 0.497 e. The molecule has 2 aromatic rings. The molecule has 0 N–H and O–H groups in total. The van der Waals surface area contributed by atoms with Gasteiger partial charge < -0.3 is 14.0 Å². The Labute approximate surface area is 136 Å². The number of hydrogen-bond donors (Lipinski definition) is 0. The zero-order valence-electron chi connectivity index (χ0n) is 13.9. The number of hydrogen-bond acceptors (Lipinski definition) is 6. The van der Waals surface area contributed by atoms with Crippen LogP contribution in [0.4, 0.5) is 0 Å². The summed E-state index contributed by atoms with van der Waals surface area (Å²) in [5.41, 5.74) is 1.29. The summed E-state index contributed by atoms with van der Waals surface area (Å²) in [7, 11) is 1.68. The third-order valence-electron chi connectivity index (χ3n) is 4.26. The van der Waals surface area contributed by atoms with E-state index in [0.29, 0.717) is 24.2 Å². The third kappa shape index (κ3) is 3.71. The zero-order chi connectivity index (χ0) is 16.2. The van der Waals surface area contributed by atoms with Crippen molar-refractivity contribution in [2.75, 3.05) is 33.4 Å². The maximum absolute atomic E-state index is 5.61. The predicted octanol–water partition coefficient (Wildman–Crippen LogP) is 2.56. The van der Waals surface area contributed by atoms with Gasteiger partial charge in [0.2, 0.25) is 5.89 Å². The van der Waals surface area contributed by atoms with Gasteiger partial charge in [0.05, 0.1) is 20.3 Å². The Bertz CT molecular complexity index is 626. The van der Waals surface area contributed by atoms with Gasteiger partial charge in [-0.15, -0.1) is 0 Å². The van der Waals surface area contributed by atoms with Crippen LogP contribution in [0.15, 0.2) is 28.8 Å². The van der Waals surface area contributed by atoms with E-state index in [1.165, 1.54) is 5.56 Å². The Morgan fingerprint density at radius 1 is 1.35 bits per heavy atom. The molecular formula is C17H23N3O3.